The number of aliphatic hydroxyl groups is 1. The molecular weight excluding hydrogens is 222 g/mol. The van der Waals surface area contributed by atoms with Gasteiger partial charge in [0.1, 0.15) is 0 Å². The molecule has 1 aromatic heterocycles. The Hall–Kier alpha value is -1.40. The van der Waals surface area contributed by atoms with Crippen molar-refractivity contribution >= 4 is 5.95 Å². The molecule has 0 atom stereocenters. The minimum absolute atomic E-state index is 0.0386. The van der Waals surface area contributed by atoms with Crippen LogP contribution in [0.3, 0.4) is 0 Å². The molecule has 2 rings (SSSR count). The molecule has 17 heavy (non-hydrogen) atoms. The number of methoxy groups -OCH3 is 1. The molecule has 2 heterocycles. The van der Waals surface area contributed by atoms with E-state index in [9.17, 15) is 5.11 Å². The average Bonchev–Trinajstić information content (AvgIpc) is 2.40. The van der Waals surface area contributed by atoms with Gasteiger partial charge in [-0.1, -0.05) is 0 Å². The summed E-state index contributed by atoms with van der Waals surface area (Å²) in [7, 11) is 1.56. The Kier molecular flexibility index (Phi) is 3.75. The van der Waals surface area contributed by atoms with E-state index in [2.05, 4.69) is 15.3 Å². The zero-order valence-electron chi connectivity index (χ0n) is 9.85. The summed E-state index contributed by atoms with van der Waals surface area (Å²) < 4.78 is 10.3. The number of nitrogens with zero attached hydrogens (tertiary/aromatic N) is 2. The Morgan fingerprint density at radius 1 is 1.53 bits per heavy atom. The SMILES string of the molecule is COc1ccnc(NC2(CO)CCOCC2)n1. The van der Waals surface area contributed by atoms with E-state index < -0.39 is 0 Å². The highest BCUT2D eigenvalue weighted by molar-refractivity contribution is 5.32. The quantitative estimate of drug-likeness (QED) is 0.794. The van der Waals surface area contributed by atoms with Crippen molar-refractivity contribution in [2.24, 2.45) is 0 Å². The van der Waals surface area contributed by atoms with Gasteiger partial charge in [-0.25, -0.2) is 4.98 Å². The lowest BCUT2D eigenvalue weighted by molar-refractivity contribution is 0.0377. The second kappa shape index (κ2) is 5.29. The lowest BCUT2D eigenvalue weighted by atomic mass is 9.91. The first-order valence-corrected chi connectivity index (χ1v) is 5.62. The Labute approximate surface area is 100.0 Å². The van der Waals surface area contributed by atoms with E-state index >= 15 is 0 Å². The van der Waals surface area contributed by atoms with Gasteiger partial charge in [-0.15, -0.1) is 0 Å². The minimum atomic E-state index is -0.384. The van der Waals surface area contributed by atoms with Crippen molar-refractivity contribution < 1.29 is 14.6 Å². The Morgan fingerprint density at radius 3 is 2.94 bits per heavy atom. The number of anilines is 1. The monoisotopic (exact) mass is 239 g/mol. The van der Waals surface area contributed by atoms with Gasteiger partial charge in [-0.3, -0.25) is 0 Å². The number of ether oxygens (including phenoxy) is 2. The standard InChI is InChI=1S/C11H17N3O3/c1-16-9-2-5-12-10(13-9)14-11(8-15)3-6-17-7-4-11/h2,5,15H,3-4,6-8H2,1H3,(H,12,13,14). The van der Waals surface area contributed by atoms with Gasteiger partial charge in [0.2, 0.25) is 11.8 Å². The summed E-state index contributed by atoms with van der Waals surface area (Å²) in [4.78, 5) is 8.30. The molecule has 1 fully saturated rings. The van der Waals surface area contributed by atoms with E-state index in [0.717, 1.165) is 12.8 Å². The van der Waals surface area contributed by atoms with Crippen molar-refractivity contribution in [1.82, 2.24) is 9.97 Å². The molecule has 1 aliphatic heterocycles. The zero-order valence-corrected chi connectivity index (χ0v) is 9.85. The molecule has 0 spiro atoms. The maximum absolute atomic E-state index is 9.52. The van der Waals surface area contributed by atoms with E-state index in [4.69, 9.17) is 9.47 Å². The third-order valence-electron chi connectivity index (χ3n) is 2.97. The number of rotatable bonds is 4. The third-order valence-corrected chi connectivity index (χ3v) is 2.97. The van der Waals surface area contributed by atoms with Gasteiger partial charge in [0.15, 0.2) is 0 Å². The Morgan fingerprint density at radius 2 is 2.29 bits per heavy atom. The molecule has 0 bridgehead atoms. The molecule has 2 N–H and O–H groups in total. The molecule has 6 nitrogen and oxygen atoms in total. The van der Waals surface area contributed by atoms with Gasteiger partial charge in [0.25, 0.3) is 0 Å². The van der Waals surface area contributed by atoms with Crippen LogP contribution in [0.2, 0.25) is 0 Å². The number of nitrogens with one attached hydrogen (secondary N) is 1. The highest BCUT2D eigenvalue weighted by Crippen LogP contribution is 2.24. The van der Waals surface area contributed by atoms with Crippen LogP contribution >= 0.6 is 0 Å². The van der Waals surface area contributed by atoms with E-state index in [1.807, 2.05) is 0 Å². The molecule has 0 aliphatic carbocycles. The first kappa shape index (κ1) is 12.1. The number of aliphatic hydroxyl groups excluding tert-OH is 1. The fourth-order valence-electron chi connectivity index (χ4n) is 1.84. The molecule has 6 heteroatoms. The molecule has 0 radical (unpaired) electrons. The van der Waals surface area contributed by atoms with Crippen LogP contribution in [0.25, 0.3) is 0 Å². The fraction of sp³-hybridized carbons (Fsp3) is 0.636. The molecular formula is C11H17N3O3. The summed E-state index contributed by atoms with van der Waals surface area (Å²) in [6, 6.07) is 1.68. The van der Waals surface area contributed by atoms with Crippen LogP contribution in [0.15, 0.2) is 12.3 Å². The molecule has 0 amide bonds. The van der Waals surface area contributed by atoms with Crippen LogP contribution in [0.5, 0.6) is 5.88 Å². The summed E-state index contributed by atoms with van der Waals surface area (Å²) >= 11 is 0. The first-order chi connectivity index (χ1) is 8.28. The predicted molar refractivity (Wildman–Crippen MR) is 62.1 cm³/mol. The lowest BCUT2D eigenvalue weighted by Crippen LogP contribution is -2.47. The second-order valence-corrected chi connectivity index (χ2v) is 4.10. The summed E-state index contributed by atoms with van der Waals surface area (Å²) in [5.74, 6) is 0.975. The molecule has 0 aromatic carbocycles. The van der Waals surface area contributed by atoms with Crippen LogP contribution in [-0.2, 0) is 4.74 Å². The van der Waals surface area contributed by atoms with Gasteiger partial charge in [-0.2, -0.15) is 4.98 Å². The fourth-order valence-corrected chi connectivity index (χ4v) is 1.84. The maximum atomic E-state index is 9.52. The number of aromatic nitrogens is 2. The number of hydrogen-bond donors (Lipinski definition) is 2. The van der Waals surface area contributed by atoms with Crippen molar-refractivity contribution in [2.45, 2.75) is 18.4 Å². The molecule has 0 unspecified atom stereocenters. The van der Waals surface area contributed by atoms with Gasteiger partial charge >= 0.3 is 0 Å². The second-order valence-electron chi connectivity index (χ2n) is 4.10. The van der Waals surface area contributed by atoms with E-state index in [1.165, 1.54) is 0 Å². The van der Waals surface area contributed by atoms with Crippen LogP contribution in [0.1, 0.15) is 12.8 Å². The van der Waals surface area contributed by atoms with E-state index in [0.29, 0.717) is 25.0 Å². The zero-order chi connectivity index (χ0) is 12.1. The third kappa shape index (κ3) is 2.83. The Balaban J connectivity index is 2.11. The summed E-state index contributed by atoms with van der Waals surface area (Å²) in [6.07, 6.45) is 3.10. The van der Waals surface area contributed by atoms with Crippen molar-refractivity contribution in [3.05, 3.63) is 12.3 Å². The van der Waals surface area contributed by atoms with Gasteiger partial charge in [-0.05, 0) is 12.8 Å². The highest BCUT2D eigenvalue weighted by atomic mass is 16.5. The number of hydrogen-bond acceptors (Lipinski definition) is 6. The average molecular weight is 239 g/mol. The molecule has 1 aromatic rings. The maximum Gasteiger partial charge on any atom is 0.226 e. The van der Waals surface area contributed by atoms with E-state index in [-0.39, 0.29) is 12.1 Å². The first-order valence-electron chi connectivity index (χ1n) is 5.62. The molecule has 94 valence electrons. The lowest BCUT2D eigenvalue weighted by Gasteiger charge is -2.36. The van der Waals surface area contributed by atoms with Crippen molar-refractivity contribution in [1.29, 1.82) is 0 Å². The van der Waals surface area contributed by atoms with Crippen LogP contribution in [0, 0.1) is 0 Å². The summed E-state index contributed by atoms with van der Waals surface area (Å²) in [5, 5.41) is 12.7. The van der Waals surface area contributed by atoms with E-state index in [1.54, 1.807) is 19.4 Å². The summed E-state index contributed by atoms with van der Waals surface area (Å²) in [6.45, 7) is 1.31. The van der Waals surface area contributed by atoms with Crippen LogP contribution in [0.4, 0.5) is 5.95 Å². The van der Waals surface area contributed by atoms with Crippen molar-refractivity contribution in [2.75, 3.05) is 32.2 Å². The molecule has 0 saturated carbocycles. The Bertz CT molecular complexity index is 367. The molecule has 1 saturated heterocycles. The minimum Gasteiger partial charge on any atom is -0.481 e. The van der Waals surface area contributed by atoms with Crippen molar-refractivity contribution in [3.8, 4) is 5.88 Å². The van der Waals surface area contributed by atoms with Gasteiger partial charge in [0.05, 0.1) is 19.3 Å². The van der Waals surface area contributed by atoms with Crippen LogP contribution < -0.4 is 10.1 Å². The predicted octanol–water partition coefficient (Wildman–Crippen LogP) is 0.439. The smallest absolute Gasteiger partial charge is 0.226 e. The van der Waals surface area contributed by atoms with Gasteiger partial charge in [0, 0.05) is 25.5 Å². The highest BCUT2D eigenvalue weighted by Gasteiger charge is 2.32. The topological polar surface area (TPSA) is 76.5 Å². The molecule has 1 aliphatic rings. The largest absolute Gasteiger partial charge is 0.481 e. The normalized spacial score (nSPS) is 18.7. The van der Waals surface area contributed by atoms with Crippen LogP contribution in [-0.4, -0.2) is 47.5 Å². The van der Waals surface area contributed by atoms with Crippen molar-refractivity contribution in [3.63, 3.8) is 0 Å². The van der Waals surface area contributed by atoms with Gasteiger partial charge < -0.3 is 19.9 Å². The summed E-state index contributed by atoms with van der Waals surface area (Å²) in [5.41, 5.74) is -0.384.